The van der Waals surface area contributed by atoms with Gasteiger partial charge in [-0.15, -0.1) is 0 Å². The number of unbranched alkanes of at least 4 members (excludes halogenated alkanes) is 1. The van der Waals surface area contributed by atoms with Crippen LogP contribution in [0, 0.1) is 0 Å². The van der Waals surface area contributed by atoms with Gasteiger partial charge in [0, 0.05) is 5.25 Å². The van der Waals surface area contributed by atoms with Crippen LogP contribution in [0.2, 0.25) is 0 Å². The maximum Gasteiger partial charge on any atom is 1.00 e. The fourth-order valence-corrected chi connectivity index (χ4v) is 1.47. The molecule has 4 nitrogen and oxygen atoms in total. The molecular formula is C8H17KO4S. The molecule has 0 bridgehead atoms. The first kappa shape index (κ1) is 17.9. The van der Waals surface area contributed by atoms with Crippen molar-refractivity contribution >= 4 is 10.1 Å². The van der Waals surface area contributed by atoms with Crippen molar-refractivity contribution in [3.05, 3.63) is 0 Å². The van der Waals surface area contributed by atoms with Crippen molar-refractivity contribution in [2.24, 2.45) is 0 Å². The van der Waals surface area contributed by atoms with E-state index in [0.29, 0.717) is 19.3 Å². The smallest absolute Gasteiger partial charge is 0.748 e. The van der Waals surface area contributed by atoms with E-state index in [2.05, 4.69) is 0 Å². The van der Waals surface area contributed by atoms with Crippen molar-refractivity contribution in [1.82, 2.24) is 0 Å². The van der Waals surface area contributed by atoms with E-state index in [1.807, 2.05) is 0 Å². The van der Waals surface area contributed by atoms with E-state index in [-0.39, 0.29) is 57.5 Å². The third-order valence-electron chi connectivity index (χ3n) is 1.98. The van der Waals surface area contributed by atoms with Gasteiger partial charge in [0.25, 0.3) is 0 Å². The Morgan fingerprint density at radius 2 is 1.64 bits per heavy atom. The van der Waals surface area contributed by atoms with Crippen LogP contribution >= 0.6 is 0 Å². The quantitative estimate of drug-likeness (QED) is 0.331. The summed E-state index contributed by atoms with van der Waals surface area (Å²) in [6, 6.07) is 0. The Morgan fingerprint density at radius 3 is 2.00 bits per heavy atom. The zero-order chi connectivity index (χ0) is 10.5. The zero-order valence-electron chi connectivity index (χ0n) is 9.06. The molecule has 0 amide bonds. The summed E-state index contributed by atoms with van der Waals surface area (Å²) in [5.74, 6) is 0. The van der Waals surface area contributed by atoms with Gasteiger partial charge >= 0.3 is 51.4 Å². The summed E-state index contributed by atoms with van der Waals surface area (Å²) in [5, 5.41) is 8.09. The third-order valence-corrected chi connectivity index (χ3v) is 3.20. The summed E-state index contributed by atoms with van der Waals surface area (Å²) in [5.41, 5.74) is 0. The maximum atomic E-state index is 10.5. The number of hydrogen-bond acceptors (Lipinski definition) is 4. The van der Waals surface area contributed by atoms with Gasteiger partial charge in [-0.1, -0.05) is 12.8 Å². The van der Waals surface area contributed by atoms with Crippen LogP contribution in [0.15, 0.2) is 0 Å². The van der Waals surface area contributed by atoms with E-state index in [1.165, 1.54) is 6.92 Å². The molecule has 14 heavy (non-hydrogen) atoms. The van der Waals surface area contributed by atoms with Gasteiger partial charge in [-0.25, -0.2) is 8.42 Å². The van der Waals surface area contributed by atoms with Crippen molar-refractivity contribution < 1.29 is 69.5 Å². The van der Waals surface area contributed by atoms with Crippen molar-refractivity contribution in [3.8, 4) is 0 Å². The van der Waals surface area contributed by atoms with Crippen molar-refractivity contribution in [1.29, 1.82) is 0 Å². The molecule has 0 spiro atoms. The van der Waals surface area contributed by atoms with Crippen molar-refractivity contribution in [2.45, 2.75) is 50.9 Å². The minimum atomic E-state index is -4.12. The van der Waals surface area contributed by atoms with Gasteiger partial charge in [-0.3, -0.25) is 0 Å². The molecule has 0 aromatic carbocycles. The zero-order valence-corrected chi connectivity index (χ0v) is 13.0. The van der Waals surface area contributed by atoms with Gasteiger partial charge in [0.05, 0.1) is 16.2 Å². The minimum Gasteiger partial charge on any atom is -0.748 e. The molecule has 2 atom stereocenters. The number of aliphatic hydroxyl groups is 1. The molecule has 0 saturated carbocycles. The van der Waals surface area contributed by atoms with Crippen LogP contribution < -0.4 is 51.4 Å². The predicted octanol–water partition coefficient (Wildman–Crippen LogP) is -2.13. The minimum absolute atomic E-state index is 0. The Balaban J connectivity index is 0. The van der Waals surface area contributed by atoms with Crippen LogP contribution in [-0.4, -0.2) is 29.4 Å². The van der Waals surface area contributed by atoms with E-state index in [9.17, 15) is 13.0 Å². The SMILES string of the molecule is CC(O)CCCCC(C)S(=O)(=O)[O-].[K+]. The van der Waals surface area contributed by atoms with Crippen LogP contribution in [0.5, 0.6) is 0 Å². The maximum absolute atomic E-state index is 10.5. The molecule has 0 aliphatic rings. The van der Waals surface area contributed by atoms with Gasteiger partial charge in [0.2, 0.25) is 0 Å². The molecule has 2 unspecified atom stereocenters. The Hall–Kier alpha value is 1.51. The number of rotatable bonds is 6. The van der Waals surface area contributed by atoms with Crippen LogP contribution in [-0.2, 0) is 10.1 Å². The van der Waals surface area contributed by atoms with Gasteiger partial charge in [-0.2, -0.15) is 0 Å². The van der Waals surface area contributed by atoms with E-state index in [0.717, 1.165) is 6.42 Å². The first-order chi connectivity index (χ1) is 5.84. The topological polar surface area (TPSA) is 77.4 Å². The molecule has 1 N–H and O–H groups in total. The van der Waals surface area contributed by atoms with E-state index in [1.54, 1.807) is 6.92 Å². The second kappa shape index (κ2) is 8.63. The number of hydrogen-bond donors (Lipinski definition) is 1. The van der Waals surface area contributed by atoms with Crippen LogP contribution in [0.4, 0.5) is 0 Å². The Morgan fingerprint density at radius 1 is 1.21 bits per heavy atom. The summed E-state index contributed by atoms with van der Waals surface area (Å²) in [4.78, 5) is 0. The van der Waals surface area contributed by atoms with Gasteiger partial charge in [-0.05, 0) is 26.7 Å². The molecule has 0 heterocycles. The summed E-state index contributed by atoms with van der Waals surface area (Å²) in [6.45, 7) is 3.11. The van der Waals surface area contributed by atoms with Crippen molar-refractivity contribution in [3.63, 3.8) is 0 Å². The molecule has 0 saturated heterocycles. The van der Waals surface area contributed by atoms with Gasteiger partial charge < -0.3 is 9.66 Å². The number of aliphatic hydroxyl groups excluding tert-OH is 1. The van der Waals surface area contributed by atoms with Gasteiger partial charge in [0.15, 0.2) is 0 Å². The normalized spacial score (nSPS) is 15.7. The van der Waals surface area contributed by atoms with Crippen LogP contribution in [0.3, 0.4) is 0 Å². The Bertz CT molecular complexity index is 225. The average Bonchev–Trinajstić information content (AvgIpc) is 1.95. The second-order valence-electron chi connectivity index (χ2n) is 3.44. The molecular weight excluding hydrogens is 231 g/mol. The molecule has 0 radical (unpaired) electrons. The fraction of sp³-hybridized carbons (Fsp3) is 1.00. The summed E-state index contributed by atoms with van der Waals surface area (Å²) < 4.78 is 31.4. The summed E-state index contributed by atoms with van der Waals surface area (Å²) in [7, 11) is -4.12. The Kier molecular flexibility index (Phi) is 11.0. The van der Waals surface area contributed by atoms with E-state index < -0.39 is 15.4 Å². The second-order valence-corrected chi connectivity index (χ2v) is 5.23. The molecule has 0 aliphatic carbocycles. The predicted molar refractivity (Wildman–Crippen MR) is 49.3 cm³/mol. The molecule has 0 aliphatic heterocycles. The molecule has 6 heteroatoms. The summed E-state index contributed by atoms with van der Waals surface area (Å²) >= 11 is 0. The first-order valence-electron chi connectivity index (χ1n) is 4.47. The fourth-order valence-electron chi connectivity index (χ4n) is 1.02. The third kappa shape index (κ3) is 10.0. The molecule has 0 fully saturated rings. The van der Waals surface area contributed by atoms with E-state index in [4.69, 9.17) is 5.11 Å². The average molecular weight is 248 g/mol. The molecule has 0 aromatic heterocycles. The Labute approximate surface area is 129 Å². The molecule has 0 aromatic rings. The molecule has 0 rings (SSSR count). The van der Waals surface area contributed by atoms with Crippen LogP contribution in [0.1, 0.15) is 39.5 Å². The monoisotopic (exact) mass is 248 g/mol. The summed E-state index contributed by atoms with van der Waals surface area (Å²) in [6.07, 6.45) is 2.13. The standard InChI is InChI=1S/C8H18O4S.K/c1-7(9)5-3-4-6-8(2)13(10,11)12;/h7-9H,3-6H2,1-2H3,(H,10,11,12);/q;+1/p-1. The molecule has 80 valence electrons. The largest absolute Gasteiger partial charge is 1.00 e. The van der Waals surface area contributed by atoms with Crippen molar-refractivity contribution in [2.75, 3.05) is 0 Å². The van der Waals surface area contributed by atoms with E-state index >= 15 is 0 Å². The van der Waals surface area contributed by atoms with Crippen LogP contribution in [0.25, 0.3) is 0 Å². The van der Waals surface area contributed by atoms with Gasteiger partial charge in [0.1, 0.15) is 0 Å². The first-order valence-corrected chi connectivity index (χ1v) is 5.94.